The monoisotopic (exact) mass is 305 g/mol. The Morgan fingerprint density at radius 1 is 1.33 bits per heavy atom. The Balaban J connectivity index is 2.29. The Hall–Kier alpha value is -1.82. The van der Waals surface area contributed by atoms with Gasteiger partial charge in [-0.2, -0.15) is 5.10 Å². The van der Waals surface area contributed by atoms with Crippen molar-refractivity contribution in [3.05, 3.63) is 34.7 Å². The fraction of sp³-hybridized carbons (Fsp3) is 0.167. The predicted molar refractivity (Wildman–Crippen MR) is 74.2 cm³/mol. The molecule has 0 saturated heterocycles. The van der Waals surface area contributed by atoms with Gasteiger partial charge in [-0.3, -0.25) is 9.08 Å². The number of hydrogen-bond donors (Lipinski definition) is 1. The quantitative estimate of drug-likeness (QED) is 0.751. The second-order valence-corrected chi connectivity index (χ2v) is 5.14. The van der Waals surface area contributed by atoms with Gasteiger partial charge >= 0.3 is 0 Å². The zero-order chi connectivity index (χ0) is 12.9. The lowest BCUT2D eigenvalue weighted by Gasteiger charge is -2.00. The molecule has 5 nitrogen and oxygen atoms in total. The summed E-state index contributed by atoms with van der Waals surface area (Å²) in [6.45, 7) is 2.03. The van der Waals surface area contributed by atoms with E-state index in [4.69, 9.17) is 5.73 Å². The highest BCUT2D eigenvalue weighted by atomic mass is 79.9. The van der Waals surface area contributed by atoms with E-state index < -0.39 is 0 Å². The second-order valence-electron chi connectivity index (χ2n) is 4.28. The summed E-state index contributed by atoms with van der Waals surface area (Å²) in [5, 5.41) is 4.14. The molecule has 3 rings (SSSR count). The van der Waals surface area contributed by atoms with Gasteiger partial charge in [0.1, 0.15) is 17.2 Å². The SMILES string of the molecule is Cc1cc2nc(-c3cnn(C)c3)c(N)n2cc1Br. The van der Waals surface area contributed by atoms with Crippen LogP contribution in [-0.2, 0) is 7.05 Å². The molecule has 0 atom stereocenters. The van der Waals surface area contributed by atoms with Crippen LogP contribution in [0.5, 0.6) is 0 Å². The Bertz CT molecular complexity index is 740. The van der Waals surface area contributed by atoms with Crippen molar-refractivity contribution in [3.63, 3.8) is 0 Å². The van der Waals surface area contributed by atoms with Crippen molar-refractivity contribution in [1.82, 2.24) is 19.2 Å². The van der Waals surface area contributed by atoms with E-state index >= 15 is 0 Å². The molecule has 0 aliphatic heterocycles. The molecule has 6 heteroatoms. The van der Waals surface area contributed by atoms with E-state index in [9.17, 15) is 0 Å². The first kappa shape index (κ1) is 11.3. The average Bonchev–Trinajstić information content (AvgIpc) is 2.86. The van der Waals surface area contributed by atoms with Crippen molar-refractivity contribution in [2.75, 3.05) is 5.73 Å². The third-order valence-corrected chi connectivity index (χ3v) is 3.75. The fourth-order valence-corrected chi connectivity index (χ4v) is 2.25. The number of nitrogens with two attached hydrogens (primary N) is 1. The number of hydrogen-bond acceptors (Lipinski definition) is 3. The van der Waals surface area contributed by atoms with Crippen molar-refractivity contribution >= 4 is 27.4 Å². The van der Waals surface area contributed by atoms with Crippen molar-refractivity contribution in [3.8, 4) is 11.3 Å². The van der Waals surface area contributed by atoms with E-state index in [2.05, 4.69) is 26.0 Å². The van der Waals surface area contributed by atoms with Gasteiger partial charge in [-0.15, -0.1) is 0 Å². The number of aromatic nitrogens is 4. The van der Waals surface area contributed by atoms with Crippen molar-refractivity contribution in [2.24, 2.45) is 7.05 Å². The maximum atomic E-state index is 6.14. The molecule has 0 saturated carbocycles. The molecule has 0 bridgehead atoms. The molecule has 0 amide bonds. The summed E-state index contributed by atoms with van der Waals surface area (Å²) in [5.74, 6) is 0.624. The fourth-order valence-electron chi connectivity index (χ4n) is 1.93. The van der Waals surface area contributed by atoms with Crippen LogP contribution in [0.3, 0.4) is 0 Å². The van der Waals surface area contributed by atoms with Gasteiger partial charge in [0.2, 0.25) is 0 Å². The van der Waals surface area contributed by atoms with Crippen LogP contribution in [-0.4, -0.2) is 19.2 Å². The van der Waals surface area contributed by atoms with Crippen molar-refractivity contribution in [2.45, 2.75) is 6.92 Å². The Labute approximate surface area is 112 Å². The van der Waals surface area contributed by atoms with Gasteiger partial charge in [0.15, 0.2) is 0 Å². The summed E-state index contributed by atoms with van der Waals surface area (Å²) in [7, 11) is 1.87. The lowest BCUT2D eigenvalue weighted by atomic mass is 10.2. The summed E-state index contributed by atoms with van der Waals surface area (Å²) in [5.41, 5.74) is 9.80. The number of halogens is 1. The number of anilines is 1. The van der Waals surface area contributed by atoms with Crippen LogP contribution in [0.4, 0.5) is 5.82 Å². The maximum Gasteiger partial charge on any atom is 0.139 e. The molecule has 0 aliphatic carbocycles. The maximum absolute atomic E-state index is 6.14. The normalized spacial score (nSPS) is 11.3. The molecule has 2 N–H and O–H groups in total. The van der Waals surface area contributed by atoms with Gasteiger partial charge in [0, 0.05) is 29.5 Å². The topological polar surface area (TPSA) is 61.1 Å². The number of pyridine rings is 1. The lowest BCUT2D eigenvalue weighted by molar-refractivity contribution is 0.768. The molecule has 18 heavy (non-hydrogen) atoms. The molecular weight excluding hydrogens is 294 g/mol. The van der Waals surface area contributed by atoms with E-state index in [-0.39, 0.29) is 0 Å². The lowest BCUT2D eigenvalue weighted by Crippen LogP contribution is -1.94. The van der Waals surface area contributed by atoms with Crippen LogP contribution < -0.4 is 5.73 Å². The molecule has 0 spiro atoms. The van der Waals surface area contributed by atoms with Crippen LogP contribution in [0.1, 0.15) is 5.56 Å². The van der Waals surface area contributed by atoms with Crippen LogP contribution in [0.2, 0.25) is 0 Å². The number of fused-ring (bicyclic) bond motifs is 1. The van der Waals surface area contributed by atoms with Crippen LogP contribution in [0.25, 0.3) is 16.9 Å². The highest BCUT2D eigenvalue weighted by Gasteiger charge is 2.13. The zero-order valence-electron chi connectivity index (χ0n) is 10.1. The van der Waals surface area contributed by atoms with E-state index in [0.29, 0.717) is 5.82 Å². The summed E-state index contributed by atoms with van der Waals surface area (Å²) in [4.78, 5) is 4.56. The van der Waals surface area contributed by atoms with Gasteiger partial charge in [0.05, 0.1) is 6.20 Å². The molecule has 0 aliphatic rings. The summed E-state index contributed by atoms with van der Waals surface area (Å²) >= 11 is 3.50. The largest absolute Gasteiger partial charge is 0.383 e. The van der Waals surface area contributed by atoms with Crippen molar-refractivity contribution in [1.29, 1.82) is 0 Å². The average molecular weight is 306 g/mol. The number of aryl methyl sites for hydroxylation is 2. The molecule has 3 aromatic heterocycles. The Kier molecular flexibility index (Phi) is 2.41. The molecule has 92 valence electrons. The molecule has 0 unspecified atom stereocenters. The van der Waals surface area contributed by atoms with Crippen LogP contribution in [0, 0.1) is 6.92 Å². The van der Waals surface area contributed by atoms with Crippen molar-refractivity contribution < 1.29 is 0 Å². The summed E-state index contributed by atoms with van der Waals surface area (Å²) < 4.78 is 4.62. The Morgan fingerprint density at radius 2 is 2.11 bits per heavy atom. The first-order chi connectivity index (χ1) is 8.56. The third-order valence-electron chi connectivity index (χ3n) is 2.92. The zero-order valence-corrected chi connectivity index (χ0v) is 11.6. The minimum absolute atomic E-state index is 0.624. The minimum atomic E-state index is 0.624. The summed E-state index contributed by atoms with van der Waals surface area (Å²) in [6, 6.07) is 2.00. The summed E-state index contributed by atoms with van der Waals surface area (Å²) in [6.07, 6.45) is 5.60. The van der Waals surface area contributed by atoms with E-state index in [1.807, 2.05) is 36.8 Å². The smallest absolute Gasteiger partial charge is 0.139 e. The van der Waals surface area contributed by atoms with Gasteiger partial charge in [0.25, 0.3) is 0 Å². The molecule has 0 aromatic carbocycles. The van der Waals surface area contributed by atoms with E-state index in [1.54, 1.807) is 10.9 Å². The number of imidazole rings is 1. The molecule has 3 aromatic rings. The van der Waals surface area contributed by atoms with E-state index in [1.165, 1.54) is 0 Å². The Morgan fingerprint density at radius 3 is 2.78 bits per heavy atom. The molecule has 0 radical (unpaired) electrons. The number of nitrogens with zero attached hydrogens (tertiary/aromatic N) is 4. The third kappa shape index (κ3) is 1.60. The predicted octanol–water partition coefficient (Wildman–Crippen LogP) is 2.39. The minimum Gasteiger partial charge on any atom is -0.383 e. The van der Waals surface area contributed by atoms with E-state index in [0.717, 1.165) is 26.9 Å². The number of nitrogen functional groups attached to an aromatic ring is 1. The standard InChI is InChI=1S/C12H12BrN5/c1-7-3-10-16-11(8-4-15-17(2)5-8)12(14)18(10)6-9(7)13/h3-6H,14H2,1-2H3. The highest BCUT2D eigenvalue weighted by Crippen LogP contribution is 2.28. The first-order valence-corrected chi connectivity index (χ1v) is 6.28. The highest BCUT2D eigenvalue weighted by molar-refractivity contribution is 9.10. The van der Waals surface area contributed by atoms with Gasteiger partial charge < -0.3 is 5.73 Å². The van der Waals surface area contributed by atoms with Crippen LogP contribution >= 0.6 is 15.9 Å². The molecular formula is C12H12BrN5. The van der Waals surface area contributed by atoms with Crippen LogP contribution in [0.15, 0.2) is 29.1 Å². The molecule has 0 fully saturated rings. The molecule has 3 heterocycles. The van der Waals surface area contributed by atoms with Gasteiger partial charge in [-0.1, -0.05) is 0 Å². The second kappa shape index (κ2) is 3.84. The van der Waals surface area contributed by atoms with Gasteiger partial charge in [-0.25, -0.2) is 4.98 Å². The first-order valence-electron chi connectivity index (χ1n) is 5.49. The number of rotatable bonds is 1. The van der Waals surface area contributed by atoms with Gasteiger partial charge in [-0.05, 0) is 34.5 Å².